The normalized spacial score (nSPS) is 15.2. The Balaban J connectivity index is 1.74. The summed E-state index contributed by atoms with van der Waals surface area (Å²) in [6.07, 6.45) is 2.02. The highest BCUT2D eigenvalue weighted by atomic mass is 16.9. The summed E-state index contributed by atoms with van der Waals surface area (Å²) in [5, 5.41) is 16.6. The van der Waals surface area contributed by atoms with Gasteiger partial charge in [-0.15, -0.1) is 0 Å². The van der Waals surface area contributed by atoms with Crippen LogP contribution in [0.5, 0.6) is 0 Å². The molecule has 1 radical (unpaired) electrons. The van der Waals surface area contributed by atoms with Crippen molar-refractivity contribution in [2.75, 3.05) is 19.9 Å². The Morgan fingerprint density at radius 1 is 1.35 bits per heavy atom. The van der Waals surface area contributed by atoms with Crippen LogP contribution in [0.1, 0.15) is 28.8 Å². The van der Waals surface area contributed by atoms with Crippen LogP contribution in [-0.2, 0) is 9.57 Å². The highest BCUT2D eigenvalue weighted by Crippen LogP contribution is 2.08. The van der Waals surface area contributed by atoms with Crippen molar-refractivity contribution in [3.63, 3.8) is 0 Å². The second-order valence-corrected chi connectivity index (χ2v) is 4.36. The third kappa shape index (κ3) is 4.11. The Morgan fingerprint density at radius 2 is 2.00 bits per heavy atom. The van der Waals surface area contributed by atoms with Gasteiger partial charge in [0.25, 0.3) is 0 Å². The summed E-state index contributed by atoms with van der Waals surface area (Å²) in [5.41, 5.74) is 1.17. The van der Waals surface area contributed by atoms with Gasteiger partial charge in [-0.3, -0.25) is 0 Å². The lowest BCUT2D eigenvalue weighted by atomic mass is 10.2. The monoisotopic (exact) mass is 278 g/mol. The lowest BCUT2D eigenvalue weighted by molar-refractivity contribution is -0.805. The van der Waals surface area contributed by atoms with Crippen molar-refractivity contribution in [3.05, 3.63) is 47.5 Å². The molecule has 0 spiro atoms. The average Bonchev–Trinajstić information content (AvgIpc) is 2.92. The molecule has 0 unspecified atom stereocenters. The zero-order valence-corrected chi connectivity index (χ0v) is 11.0. The van der Waals surface area contributed by atoms with Crippen molar-refractivity contribution in [3.8, 4) is 0 Å². The van der Waals surface area contributed by atoms with E-state index >= 15 is 0 Å². The molecule has 7 heteroatoms. The molecule has 107 valence electrons. The molecule has 20 heavy (non-hydrogen) atoms. The Morgan fingerprint density at radius 3 is 2.65 bits per heavy atom. The van der Waals surface area contributed by atoms with Crippen molar-refractivity contribution in [1.82, 2.24) is 5.01 Å². The van der Waals surface area contributed by atoms with Crippen molar-refractivity contribution >= 4 is 5.97 Å². The fraction of sp³-hybridized carbons (Fsp3) is 0.385. The lowest BCUT2D eigenvalue weighted by Crippen LogP contribution is -2.18. The second-order valence-electron chi connectivity index (χ2n) is 4.36. The first-order valence-corrected chi connectivity index (χ1v) is 6.31. The molecule has 1 aromatic carbocycles. The zero-order chi connectivity index (χ0) is 14.4. The highest BCUT2D eigenvalue weighted by molar-refractivity contribution is 5.89. The van der Waals surface area contributed by atoms with Gasteiger partial charge in [-0.05, 0) is 37.5 Å². The fourth-order valence-electron chi connectivity index (χ4n) is 1.77. The van der Waals surface area contributed by atoms with Crippen LogP contribution in [0.3, 0.4) is 0 Å². The number of carbonyl (C=O) groups is 1. The highest BCUT2D eigenvalue weighted by Gasteiger charge is 2.16. The first-order chi connectivity index (χ1) is 9.65. The summed E-state index contributed by atoms with van der Waals surface area (Å²) in [4.78, 5) is 16.2. The van der Waals surface area contributed by atoms with E-state index in [0.717, 1.165) is 31.5 Å². The minimum atomic E-state index is -0.570. The van der Waals surface area contributed by atoms with E-state index in [2.05, 4.69) is 17.0 Å². The van der Waals surface area contributed by atoms with E-state index in [1.807, 2.05) is 0 Å². The summed E-state index contributed by atoms with van der Waals surface area (Å²) < 4.78 is 4.80. The standard InChI is InChI=1S/C13H16N3O4/c1-11-4-6-12(7-5-11)13(17)19-10-20-16(18)14-15-8-2-3-9-15/h4-7H,1-3,8-10H2/b16-14+. The largest absolute Gasteiger partial charge is 0.447 e. The van der Waals surface area contributed by atoms with E-state index in [1.54, 1.807) is 29.3 Å². The molecule has 0 aliphatic carbocycles. The first-order valence-electron chi connectivity index (χ1n) is 6.31. The third-order valence-electron chi connectivity index (χ3n) is 2.82. The van der Waals surface area contributed by atoms with E-state index in [0.29, 0.717) is 5.56 Å². The summed E-state index contributed by atoms with van der Waals surface area (Å²) in [6.45, 7) is 4.70. The van der Waals surface area contributed by atoms with Gasteiger partial charge in [0.2, 0.25) is 0 Å². The molecule has 0 saturated carbocycles. The topological polar surface area (TPSA) is 77.2 Å². The molecular formula is C13H16N3O4. The Bertz CT molecular complexity index is 481. The predicted octanol–water partition coefficient (Wildman–Crippen LogP) is 1.89. The zero-order valence-electron chi connectivity index (χ0n) is 11.0. The molecule has 1 saturated heterocycles. The van der Waals surface area contributed by atoms with E-state index in [4.69, 9.17) is 4.74 Å². The molecule has 1 heterocycles. The van der Waals surface area contributed by atoms with Gasteiger partial charge in [-0.2, -0.15) is 5.01 Å². The van der Waals surface area contributed by atoms with E-state index in [9.17, 15) is 10.0 Å². The van der Waals surface area contributed by atoms with E-state index in [-0.39, 0.29) is 5.02 Å². The quantitative estimate of drug-likeness (QED) is 0.356. The Labute approximate surface area is 116 Å². The van der Waals surface area contributed by atoms with E-state index in [1.165, 1.54) is 0 Å². The number of esters is 1. The number of nitrogens with zero attached hydrogens (tertiary/aromatic N) is 3. The summed E-state index contributed by atoms with van der Waals surface area (Å²) in [5.74, 6) is -0.570. The number of hydrogen-bond donors (Lipinski definition) is 0. The van der Waals surface area contributed by atoms with E-state index < -0.39 is 12.8 Å². The van der Waals surface area contributed by atoms with Gasteiger partial charge in [-0.25, -0.2) is 4.79 Å². The molecule has 1 aromatic rings. The van der Waals surface area contributed by atoms with Crippen LogP contribution < -0.4 is 0 Å². The van der Waals surface area contributed by atoms with Crippen molar-refractivity contribution in [2.45, 2.75) is 12.8 Å². The first kappa shape index (κ1) is 14.1. The molecule has 2 rings (SSSR count). The molecule has 0 atom stereocenters. The van der Waals surface area contributed by atoms with Crippen LogP contribution >= 0.6 is 0 Å². The molecule has 7 nitrogen and oxygen atoms in total. The Hall–Kier alpha value is -2.31. The molecular weight excluding hydrogens is 262 g/mol. The van der Waals surface area contributed by atoms with Gasteiger partial charge in [0.05, 0.1) is 10.6 Å². The van der Waals surface area contributed by atoms with Gasteiger partial charge in [0.15, 0.2) is 6.79 Å². The van der Waals surface area contributed by atoms with Gasteiger partial charge < -0.3 is 14.8 Å². The fourth-order valence-corrected chi connectivity index (χ4v) is 1.77. The second kappa shape index (κ2) is 6.74. The van der Waals surface area contributed by atoms with Crippen LogP contribution in [0.15, 0.2) is 29.5 Å². The smallest absolute Gasteiger partial charge is 0.339 e. The molecule has 0 N–H and O–H groups in total. The van der Waals surface area contributed by atoms with Crippen molar-refractivity contribution in [1.29, 1.82) is 0 Å². The summed E-state index contributed by atoms with van der Waals surface area (Å²) in [6, 6.07) is 6.57. The predicted molar refractivity (Wildman–Crippen MR) is 69.1 cm³/mol. The summed E-state index contributed by atoms with van der Waals surface area (Å²) >= 11 is 0. The van der Waals surface area contributed by atoms with Gasteiger partial charge in [-0.1, -0.05) is 12.1 Å². The molecule has 1 aliphatic heterocycles. The van der Waals surface area contributed by atoms with Gasteiger partial charge in [0, 0.05) is 0 Å². The van der Waals surface area contributed by atoms with Gasteiger partial charge >= 0.3 is 5.97 Å². The number of carbonyl (C=O) groups excluding carboxylic acids is 1. The molecule has 0 aromatic heterocycles. The van der Waals surface area contributed by atoms with Crippen LogP contribution in [-0.4, -0.2) is 35.9 Å². The minimum Gasteiger partial charge on any atom is -0.447 e. The minimum absolute atomic E-state index is 0.0671. The number of rotatable bonds is 5. The molecule has 1 aliphatic rings. The van der Waals surface area contributed by atoms with Crippen LogP contribution in [0, 0.1) is 12.1 Å². The van der Waals surface area contributed by atoms with Gasteiger partial charge in [0.1, 0.15) is 18.3 Å². The Kier molecular flexibility index (Phi) is 4.75. The van der Waals surface area contributed by atoms with Crippen molar-refractivity contribution in [2.24, 2.45) is 5.22 Å². The number of ether oxygens (including phenoxy) is 1. The third-order valence-corrected chi connectivity index (χ3v) is 2.82. The van der Waals surface area contributed by atoms with Crippen LogP contribution in [0.4, 0.5) is 0 Å². The SMILES string of the molecule is [CH2]c1ccc(C(=O)OCO/[N+]([O-])=N/N2CCCC2)cc1. The average molecular weight is 278 g/mol. The molecule has 0 amide bonds. The maximum atomic E-state index is 11.6. The number of benzene rings is 1. The summed E-state index contributed by atoms with van der Waals surface area (Å²) in [7, 11) is 0. The molecule has 0 bridgehead atoms. The maximum absolute atomic E-state index is 11.6. The van der Waals surface area contributed by atoms with Crippen LogP contribution in [0.25, 0.3) is 0 Å². The lowest BCUT2D eigenvalue weighted by Gasteiger charge is -2.10. The molecule has 1 fully saturated rings. The maximum Gasteiger partial charge on any atom is 0.339 e. The van der Waals surface area contributed by atoms with Crippen molar-refractivity contribution < 1.29 is 19.4 Å². The number of hydrogen-bond acceptors (Lipinski definition) is 5. The van der Waals surface area contributed by atoms with Crippen LogP contribution in [0.2, 0.25) is 0 Å².